The third-order valence-electron chi connectivity index (χ3n) is 6.70. The quantitative estimate of drug-likeness (QED) is 0.203. The normalized spacial score (nSPS) is 15.3. The maximum absolute atomic E-state index is 11.4. The molecular weight excluding hydrogens is 434 g/mol. The maximum atomic E-state index is 11.4. The fourth-order valence-corrected chi connectivity index (χ4v) is 4.96. The van der Waals surface area contributed by atoms with Gasteiger partial charge in [0.15, 0.2) is 0 Å². The van der Waals surface area contributed by atoms with Crippen molar-refractivity contribution < 1.29 is 14.3 Å². The van der Waals surface area contributed by atoms with E-state index in [0.29, 0.717) is 5.75 Å². The monoisotopic (exact) mass is 469 g/mol. The van der Waals surface area contributed by atoms with Crippen molar-refractivity contribution in [2.24, 2.45) is 0 Å². The number of rotatable bonds is 8. The van der Waals surface area contributed by atoms with Crippen LogP contribution in [0, 0.1) is 0 Å². The molecule has 4 rings (SSSR count). The summed E-state index contributed by atoms with van der Waals surface area (Å²) in [5, 5.41) is 0. The van der Waals surface area contributed by atoms with E-state index in [1.54, 1.807) is 0 Å². The molecule has 0 fully saturated rings. The molecule has 0 heterocycles. The second-order valence-corrected chi connectivity index (χ2v) is 8.95. The molecule has 182 valence electrons. The van der Waals surface area contributed by atoms with Crippen molar-refractivity contribution in [1.82, 2.24) is 4.90 Å². The number of nitrogens with zero attached hydrogens (tertiary/aromatic N) is 1. The lowest BCUT2D eigenvalue weighted by Gasteiger charge is -2.27. The molecule has 0 spiro atoms. The van der Waals surface area contributed by atoms with Crippen molar-refractivity contribution in [3.05, 3.63) is 95.1 Å². The molecule has 35 heavy (non-hydrogen) atoms. The number of esters is 1. The predicted octanol–water partition coefficient (Wildman–Crippen LogP) is 6.97. The van der Waals surface area contributed by atoms with Crippen LogP contribution in [0.1, 0.15) is 62.8 Å². The molecule has 0 radical (unpaired) electrons. The van der Waals surface area contributed by atoms with E-state index >= 15 is 0 Å². The zero-order chi connectivity index (χ0) is 24.8. The van der Waals surface area contributed by atoms with Crippen molar-refractivity contribution in [1.29, 1.82) is 0 Å². The summed E-state index contributed by atoms with van der Waals surface area (Å²) in [6.45, 7) is 9.73. The molecule has 3 aromatic carbocycles. The maximum Gasteiger partial charge on any atom is 0.308 e. The van der Waals surface area contributed by atoms with Gasteiger partial charge in [0.2, 0.25) is 0 Å². The van der Waals surface area contributed by atoms with Gasteiger partial charge in [-0.2, -0.15) is 0 Å². The van der Waals surface area contributed by atoms with Gasteiger partial charge in [-0.05, 0) is 96.9 Å². The van der Waals surface area contributed by atoms with Gasteiger partial charge >= 0.3 is 5.97 Å². The van der Waals surface area contributed by atoms with Gasteiger partial charge in [-0.15, -0.1) is 0 Å². The van der Waals surface area contributed by atoms with Crippen LogP contribution in [-0.4, -0.2) is 30.2 Å². The highest BCUT2D eigenvalue weighted by Crippen LogP contribution is 2.40. The summed E-state index contributed by atoms with van der Waals surface area (Å²) in [5.74, 6) is 1.11. The third-order valence-corrected chi connectivity index (χ3v) is 6.70. The van der Waals surface area contributed by atoms with Crippen LogP contribution in [0.5, 0.6) is 11.5 Å². The first kappa shape index (κ1) is 24.7. The molecule has 0 amide bonds. The van der Waals surface area contributed by atoms with Crippen molar-refractivity contribution >= 4 is 17.1 Å². The van der Waals surface area contributed by atoms with Gasteiger partial charge in [-0.1, -0.05) is 62.4 Å². The molecule has 1 aliphatic carbocycles. The molecule has 1 aliphatic rings. The van der Waals surface area contributed by atoms with Crippen LogP contribution in [0.25, 0.3) is 11.1 Å². The van der Waals surface area contributed by atoms with Gasteiger partial charge in [0.25, 0.3) is 0 Å². The fourth-order valence-electron chi connectivity index (χ4n) is 4.96. The largest absolute Gasteiger partial charge is 0.475 e. The number of carbonyl (C=O) groups is 1. The highest BCUT2D eigenvalue weighted by Gasteiger charge is 2.20. The molecule has 1 atom stereocenters. The van der Waals surface area contributed by atoms with Crippen LogP contribution in [0.2, 0.25) is 0 Å². The summed E-state index contributed by atoms with van der Waals surface area (Å²) in [6.07, 6.45) is 3.28. The van der Waals surface area contributed by atoms with Gasteiger partial charge < -0.3 is 9.47 Å². The molecule has 4 heteroatoms. The summed E-state index contributed by atoms with van der Waals surface area (Å²) in [5.41, 5.74) is 7.56. The molecule has 0 aromatic heterocycles. The number of allylic oxidation sites excluding steroid dienone is 1. The summed E-state index contributed by atoms with van der Waals surface area (Å²) < 4.78 is 11.5. The van der Waals surface area contributed by atoms with Crippen LogP contribution >= 0.6 is 0 Å². The topological polar surface area (TPSA) is 38.8 Å². The Hall–Kier alpha value is -3.37. The Morgan fingerprint density at radius 2 is 1.46 bits per heavy atom. The zero-order valence-corrected chi connectivity index (χ0v) is 21.2. The Morgan fingerprint density at radius 3 is 2.06 bits per heavy atom. The number of hydrogen-bond donors (Lipinski definition) is 0. The first-order valence-corrected chi connectivity index (χ1v) is 12.6. The van der Waals surface area contributed by atoms with Crippen molar-refractivity contribution in [3.8, 4) is 11.5 Å². The number of hydrogen-bond acceptors (Lipinski definition) is 4. The van der Waals surface area contributed by atoms with Crippen LogP contribution in [0.4, 0.5) is 0 Å². The number of fused-ring (bicyclic) bond motifs is 1. The Kier molecular flexibility index (Phi) is 8.04. The Balaban J connectivity index is 1.74. The van der Waals surface area contributed by atoms with Crippen LogP contribution in [0.3, 0.4) is 0 Å². The minimum absolute atomic E-state index is 0.0210. The Labute approximate surface area is 209 Å². The molecule has 0 saturated carbocycles. The second-order valence-electron chi connectivity index (χ2n) is 8.95. The number of carbonyl (C=O) groups excluding carboxylic acids is 1. The van der Waals surface area contributed by atoms with Crippen molar-refractivity contribution in [3.63, 3.8) is 0 Å². The van der Waals surface area contributed by atoms with E-state index in [1.165, 1.54) is 29.2 Å². The van der Waals surface area contributed by atoms with Crippen LogP contribution < -0.4 is 9.47 Å². The average Bonchev–Trinajstić information content (AvgIpc) is 2.87. The van der Waals surface area contributed by atoms with Gasteiger partial charge in [0, 0.05) is 6.92 Å². The van der Waals surface area contributed by atoms with Gasteiger partial charge in [-0.3, -0.25) is 9.69 Å². The van der Waals surface area contributed by atoms with E-state index < -0.39 is 0 Å². The zero-order valence-electron chi connectivity index (χ0n) is 21.2. The van der Waals surface area contributed by atoms with Crippen molar-refractivity contribution in [2.45, 2.75) is 53.2 Å². The summed E-state index contributed by atoms with van der Waals surface area (Å²) in [4.78, 5) is 13.7. The fraction of sp³-hybridized carbons (Fsp3) is 0.323. The lowest BCUT2D eigenvalue weighted by molar-refractivity contribution is -0.131. The summed E-state index contributed by atoms with van der Waals surface area (Å²) in [7, 11) is 0. The Bertz CT molecular complexity index is 1170. The molecule has 0 saturated heterocycles. The minimum Gasteiger partial charge on any atom is -0.475 e. The highest BCUT2D eigenvalue weighted by molar-refractivity contribution is 5.99. The highest BCUT2D eigenvalue weighted by atomic mass is 16.5. The van der Waals surface area contributed by atoms with E-state index in [0.717, 1.165) is 49.2 Å². The van der Waals surface area contributed by atoms with Crippen LogP contribution in [0.15, 0.2) is 72.8 Å². The van der Waals surface area contributed by atoms with Gasteiger partial charge in [0.1, 0.15) is 17.7 Å². The standard InChI is InChI=1S/C31H35NO3/c1-5-32(6-2)22(3)34-27-18-14-25(15-19-27)31(26-16-20-28(21-17-26)35-23(4)33)30-13-9-11-24-10-7-8-12-29(24)30/h7-8,10,12,14-22H,5-6,9,11,13H2,1-4H3. The first-order chi connectivity index (χ1) is 17.0. The Morgan fingerprint density at radius 1 is 0.857 bits per heavy atom. The molecule has 0 aliphatic heterocycles. The smallest absolute Gasteiger partial charge is 0.308 e. The number of aryl methyl sites for hydroxylation is 1. The third kappa shape index (κ3) is 5.83. The lowest BCUT2D eigenvalue weighted by atomic mass is 9.81. The number of benzene rings is 3. The van der Waals surface area contributed by atoms with E-state index in [1.807, 2.05) is 24.3 Å². The predicted molar refractivity (Wildman–Crippen MR) is 142 cm³/mol. The molecule has 3 aromatic rings. The summed E-state index contributed by atoms with van der Waals surface area (Å²) >= 11 is 0. The molecule has 0 N–H and O–H groups in total. The van der Waals surface area contributed by atoms with E-state index in [4.69, 9.17) is 9.47 Å². The minimum atomic E-state index is -0.313. The average molecular weight is 470 g/mol. The molecular formula is C31H35NO3. The van der Waals surface area contributed by atoms with Crippen LogP contribution in [-0.2, 0) is 11.2 Å². The molecule has 1 unspecified atom stereocenters. The molecule has 0 bridgehead atoms. The first-order valence-electron chi connectivity index (χ1n) is 12.6. The van der Waals surface area contributed by atoms with Gasteiger partial charge in [0.05, 0.1) is 0 Å². The number of ether oxygens (including phenoxy) is 2. The lowest BCUT2D eigenvalue weighted by Crippen LogP contribution is -2.36. The van der Waals surface area contributed by atoms with E-state index in [-0.39, 0.29) is 12.2 Å². The molecule has 4 nitrogen and oxygen atoms in total. The SMILES string of the molecule is CCN(CC)C(C)Oc1ccc(C(=C2CCCc3ccccc32)c2ccc(OC(C)=O)cc2)cc1. The summed E-state index contributed by atoms with van der Waals surface area (Å²) in [6, 6.07) is 25.0. The van der Waals surface area contributed by atoms with E-state index in [2.05, 4.69) is 74.2 Å². The van der Waals surface area contributed by atoms with Crippen molar-refractivity contribution in [2.75, 3.05) is 13.1 Å². The van der Waals surface area contributed by atoms with Gasteiger partial charge in [-0.25, -0.2) is 0 Å². The van der Waals surface area contributed by atoms with E-state index in [9.17, 15) is 4.79 Å². The second kappa shape index (κ2) is 11.4.